The predicted molar refractivity (Wildman–Crippen MR) is 79.8 cm³/mol. The van der Waals surface area contributed by atoms with E-state index < -0.39 is 5.97 Å². The number of methoxy groups -OCH3 is 1. The van der Waals surface area contributed by atoms with Crippen LogP contribution < -0.4 is 10.1 Å². The zero-order valence-corrected chi connectivity index (χ0v) is 12.0. The van der Waals surface area contributed by atoms with Crippen molar-refractivity contribution in [1.82, 2.24) is 9.97 Å². The van der Waals surface area contributed by atoms with Crippen LogP contribution in [0.4, 0.5) is 5.82 Å². The zero-order chi connectivity index (χ0) is 15.2. The number of anilines is 1. The standard InChI is InChI=1S/C15H17N3O3/c1-3-8-16-14-11(15(19)20)9-17-13(18-14)10-6-4-5-7-12(10)21-2/h4-7,9H,3,8H2,1-2H3,(H,19,20)(H,16,17,18). The van der Waals surface area contributed by atoms with Gasteiger partial charge in [0, 0.05) is 12.7 Å². The number of aromatic nitrogens is 2. The van der Waals surface area contributed by atoms with Crippen molar-refractivity contribution in [2.75, 3.05) is 19.0 Å². The molecular formula is C15H17N3O3. The molecule has 1 heterocycles. The van der Waals surface area contributed by atoms with Crippen LogP contribution in [0.25, 0.3) is 11.4 Å². The molecule has 21 heavy (non-hydrogen) atoms. The van der Waals surface area contributed by atoms with Gasteiger partial charge in [0.1, 0.15) is 17.1 Å². The van der Waals surface area contributed by atoms with Crippen molar-refractivity contribution in [1.29, 1.82) is 0 Å². The molecule has 0 atom stereocenters. The molecule has 2 N–H and O–H groups in total. The maximum atomic E-state index is 11.2. The summed E-state index contributed by atoms with van der Waals surface area (Å²) in [6, 6.07) is 7.34. The Morgan fingerprint density at radius 1 is 1.38 bits per heavy atom. The number of para-hydroxylation sites is 1. The third-order valence-corrected chi connectivity index (χ3v) is 2.91. The van der Waals surface area contributed by atoms with E-state index in [-0.39, 0.29) is 5.56 Å². The van der Waals surface area contributed by atoms with Crippen LogP contribution in [-0.2, 0) is 0 Å². The first-order valence-corrected chi connectivity index (χ1v) is 6.65. The van der Waals surface area contributed by atoms with Crippen LogP contribution in [0.1, 0.15) is 23.7 Å². The lowest BCUT2D eigenvalue weighted by Gasteiger charge is -2.11. The molecule has 0 radical (unpaired) electrons. The molecule has 0 saturated heterocycles. The first-order valence-electron chi connectivity index (χ1n) is 6.65. The van der Waals surface area contributed by atoms with Crippen LogP contribution in [0.2, 0.25) is 0 Å². The Balaban J connectivity index is 2.48. The van der Waals surface area contributed by atoms with E-state index in [4.69, 9.17) is 4.74 Å². The van der Waals surface area contributed by atoms with Gasteiger partial charge in [-0.15, -0.1) is 0 Å². The maximum absolute atomic E-state index is 11.2. The molecule has 0 fully saturated rings. The van der Waals surface area contributed by atoms with Crippen LogP contribution in [-0.4, -0.2) is 34.7 Å². The summed E-state index contributed by atoms with van der Waals surface area (Å²) < 4.78 is 5.28. The zero-order valence-electron chi connectivity index (χ0n) is 12.0. The molecule has 0 unspecified atom stereocenters. The highest BCUT2D eigenvalue weighted by molar-refractivity contribution is 5.93. The Morgan fingerprint density at radius 2 is 2.14 bits per heavy atom. The highest BCUT2D eigenvalue weighted by Crippen LogP contribution is 2.28. The first-order chi connectivity index (χ1) is 10.2. The molecule has 0 aliphatic heterocycles. The molecule has 0 aliphatic carbocycles. The lowest BCUT2D eigenvalue weighted by atomic mass is 10.2. The van der Waals surface area contributed by atoms with Gasteiger partial charge in [-0.2, -0.15) is 0 Å². The third-order valence-electron chi connectivity index (χ3n) is 2.91. The fourth-order valence-corrected chi connectivity index (χ4v) is 1.88. The molecule has 0 amide bonds. The number of nitrogens with zero attached hydrogens (tertiary/aromatic N) is 2. The number of aromatic carboxylic acids is 1. The average Bonchev–Trinajstić information content (AvgIpc) is 2.52. The number of benzene rings is 1. The largest absolute Gasteiger partial charge is 0.496 e. The lowest BCUT2D eigenvalue weighted by molar-refractivity contribution is 0.0697. The predicted octanol–water partition coefficient (Wildman–Crippen LogP) is 2.67. The second-order valence-corrected chi connectivity index (χ2v) is 4.39. The molecule has 6 nitrogen and oxygen atoms in total. The molecule has 0 saturated carbocycles. The minimum absolute atomic E-state index is 0.0575. The Labute approximate surface area is 122 Å². The van der Waals surface area contributed by atoms with Gasteiger partial charge in [-0.05, 0) is 18.6 Å². The summed E-state index contributed by atoms with van der Waals surface area (Å²) in [5.74, 6) is 0.332. The normalized spacial score (nSPS) is 10.2. The van der Waals surface area contributed by atoms with Crippen molar-refractivity contribution in [3.8, 4) is 17.1 Å². The van der Waals surface area contributed by atoms with E-state index in [2.05, 4.69) is 15.3 Å². The summed E-state index contributed by atoms with van der Waals surface area (Å²) in [7, 11) is 1.57. The quantitative estimate of drug-likeness (QED) is 0.849. The van der Waals surface area contributed by atoms with Crippen molar-refractivity contribution in [2.45, 2.75) is 13.3 Å². The molecule has 2 aromatic rings. The van der Waals surface area contributed by atoms with Crippen molar-refractivity contribution in [3.63, 3.8) is 0 Å². The van der Waals surface area contributed by atoms with Crippen LogP contribution in [0.15, 0.2) is 30.5 Å². The second kappa shape index (κ2) is 6.69. The second-order valence-electron chi connectivity index (χ2n) is 4.39. The number of hydrogen-bond donors (Lipinski definition) is 2. The minimum atomic E-state index is -1.06. The van der Waals surface area contributed by atoms with E-state index in [1.807, 2.05) is 31.2 Å². The monoisotopic (exact) mass is 287 g/mol. The van der Waals surface area contributed by atoms with E-state index in [0.29, 0.717) is 23.9 Å². The Morgan fingerprint density at radius 3 is 2.81 bits per heavy atom. The number of nitrogens with one attached hydrogen (secondary N) is 1. The van der Waals surface area contributed by atoms with Gasteiger partial charge in [-0.25, -0.2) is 14.8 Å². The molecule has 1 aromatic heterocycles. The highest BCUT2D eigenvalue weighted by atomic mass is 16.5. The van der Waals surface area contributed by atoms with Gasteiger partial charge in [-0.3, -0.25) is 0 Å². The maximum Gasteiger partial charge on any atom is 0.341 e. The van der Waals surface area contributed by atoms with Crippen molar-refractivity contribution >= 4 is 11.8 Å². The Hall–Kier alpha value is -2.63. The molecular weight excluding hydrogens is 270 g/mol. The molecule has 1 aromatic carbocycles. The van der Waals surface area contributed by atoms with Crippen LogP contribution in [0, 0.1) is 0 Å². The highest BCUT2D eigenvalue weighted by Gasteiger charge is 2.15. The molecule has 110 valence electrons. The number of rotatable bonds is 6. The van der Waals surface area contributed by atoms with E-state index in [1.165, 1.54) is 6.20 Å². The van der Waals surface area contributed by atoms with Crippen LogP contribution >= 0.6 is 0 Å². The van der Waals surface area contributed by atoms with Crippen molar-refractivity contribution in [3.05, 3.63) is 36.0 Å². The molecule has 0 aliphatic rings. The van der Waals surface area contributed by atoms with Gasteiger partial charge in [0.2, 0.25) is 0 Å². The summed E-state index contributed by atoms with van der Waals surface area (Å²) in [6.45, 7) is 2.64. The molecule has 6 heteroatoms. The lowest BCUT2D eigenvalue weighted by Crippen LogP contribution is -2.10. The molecule has 0 bridgehead atoms. The third kappa shape index (κ3) is 3.28. The van der Waals surface area contributed by atoms with Gasteiger partial charge in [0.25, 0.3) is 0 Å². The molecule has 0 spiro atoms. The summed E-state index contributed by atoms with van der Waals surface area (Å²) in [6.07, 6.45) is 2.18. The van der Waals surface area contributed by atoms with E-state index in [1.54, 1.807) is 7.11 Å². The van der Waals surface area contributed by atoms with Crippen LogP contribution in [0.5, 0.6) is 5.75 Å². The minimum Gasteiger partial charge on any atom is -0.496 e. The SMILES string of the molecule is CCCNc1nc(-c2ccccc2OC)ncc1C(=O)O. The van der Waals surface area contributed by atoms with Crippen LogP contribution in [0.3, 0.4) is 0 Å². The van der Waals surface area contributed by atoms with Gasteiger partial charge in [0.15, 0.2) is 5.82 Å². The van der Waals surface area contributed by atoms with E-state index in [0.717, 1.165) is 12.0 Å². The van der Waals surface area contributed by atoms with Gasteiger partial charge in [-0.1, -0.05) is 19.1 Å². The topological polar surface area (TPSA) is 84.3 Å². The van der Waals surface area contributed by atoms with Crippen molar-refractivity contribution < 1.29 is 14.6 Å². The summed E-state index contributed by atoms with van der Waals surface area (Å²) in [5.41, 5.74) is 0.776. The Kier molecular flexibility index (Phi) is 4.71. The molecule has 2 rings (SSSR count). The van der Waals surface area contributed by atoms with Gasteiger partial charge in [0.05, 0.1) is 12.7 Å². The summed E-state index contributed by atoms with van der Waals surface area (Å²) >= 11 is 0. The van der Waals surface area contributed by atoms with Gasteiger partial charge >= 0.3 is 5.97 Å². The average molecular weight is 287 g/mol. The number of hydrogen-bond acceptors (Lipinski definition) is 5. The number of ether oxygens (including phenoxy) is 1. The summed E-state index contributed by atoms with van der Waals surface area (Å²) in [4.78, 5) is 19.7. The van der Waals surface area contributed by atoms with E-state index >= 15 is 0 Å². The van der Waals surface area contributed by atoms with Crippen molar-refractivity contribution in [2.24, 2.45) is 0 Å². The fourth-order valence-electron chi connectivity index (χ4n) is 1.88. The number of carboxylic acid groups (broad SMARTS) is 1. The first kappa shape index (κ1) is 14.8. The smallest absolute Gasteiger partial charge is 0.341 e. The Bertz CT molecular complexity index is 644. The van der Waals surface area contributed by atoms with E-state index in [9.17, 15) is 9.90 Å². The number of carboxylic acids is 1. The number of carbonyl (C=O) groups is 1. The summed E-state index contributed by atoms with van der Waals surface area (Å²) in [5, 5.41) is 12.2. The fraction of sp³-hybridized carbons (Fsp3) is 0.267. The van der Waals surface area contributed by atoms with Gasteiger partial charge < -0.3 is 15.2 Å².